The van der Waals surface area contributed by atoms with E-state index in [0.29, 0.717) is 22.9 Å². The zero-order valence-corrected chi connectivity index (χ0v) is 20.4. The molecule has 0 bridgehead atoms. The first kappa shape index (κ1) is 24.3. The molecule has 0 fully saturated rings. The Bertz CT molecular complexity index is 1530. The highest BCUT2D eigenvalue weighted by Crippen LogP contribution is 2.25. The molecule has 0 aliphatic carbocycles. The van der Waals surface area contributed by atoms with E-state index in [2.05, 4.69) is 15.0 Å². The molecule has 4 aromatic rings. The second-order valence-corrected chi connectivity index (χ2v) is 8.65. The van der Waals surface area contributed by atoms with Crippen molar-refractivity contribution in [3.8, 4) is 17.3 Å². The first-order valence-electron chi connectivity index (χ1n) is 10.9. The Hall–Kier alpha value is -3.85. The summed E-state index contributed by atoms with van der Waals surface area (Å²) in [6.07, 6.45) is 4.64. The van der Waals surface area contributed by atoms with Crippen LogP contribution >= 0.6 is 11.6 Å². The Morgan fingerprint density at radius 1 is 1.09 bits per heavy atom. The topological polar surface area (TPSA) is 91.9 Å². The minimum Gasteiger partial charge on any atom is -0.485 e. The summed E-state index contributed by atoms with van der Waals surface area (Å²) in [5, 5.41) is -0.231. The maximum Gasteiger partial charge on any atom is 0.280 e. The van der Waals surface area contributed by atoms with Gasteiger partial charge in [0.25, 0.3) is 11.1 Å². The SMILES string of the molecule is Cc1ccn(-c2ccnc(C(C)C)n2)c(=O)c1-n1c(C)cc(OCc2ncccc2F)c(Cl)c1=O. The standard InChI is InChI=1S/C25H23ClFN5O3/c1-14(2)23-29-10-7-20(30-23)31-11-8-15(3)22(25(31)34)32-16(4)12-19(21(26)24(32)33)35-13-18-17(27)6-5-9-28-18/h5-12,14H,13H2,1-4H3. The lowest BCUT2D eigenvalue weighted by atomic mass is 10.2. The summed E-state index contributed by atoms with van der Waals surface area (Å²) in [5.41, 5.74) is 0.145. The number of rotatable bonds is 6. The van der Waals surface area contributed by atoms with Crippen molar-refractivity contribution < 1.29 is 9.13 Å². The van der Waals surface area contributed by atoms with Gasteiger partial charge < -0.3 is 4.74 Å². The molecule has 180 valence electrons. The largest absolute Gasteiger partial charge is 0.485 e. The molecule has 0 saturated heterocycles. The van der Waals surface area contributed by atoms with Crippen LogP contribution in [-0.4, -0.2) is 24.1 Å². The third-order valence-electron chi connectivity index (χ3n) is 5.41. The number of halogens is 2. The van der Waals surface area contributed by atoms with Crippen LogP contribution in [0.1, 0.15) is 42.5 Å². The molecule has 0 aromatic carbocycles. The monoisotopic (exact) mass is 495 g/mol. The predicted octanol–water partition coefficient (Wildman–Crippen LogP) is 4.29. The molecule has 4 aromatic heterocycles. The van der Waals surface area contributed by atoms with Crippen molar-refractivity contribution in [2.24, 2.45) is 0 Å². The summed E-state index contributed by atoms with van der Waals surface area (Å²) < 4.78 is 22.1. The van der Waals surface area contributed by atoms with Gasteiger partial charge in [0.05, 0.1) is 0 Å². The Morgan fingerprint density at radius 3 is 2.57 bits per heavy atom. The minimum atomic E-state index is -0.633. The number of ether oxygens (including phenoxy) is 1. The van der Waals surface area contributed by atoms with Crippen molar-refractivity contribution in [1.29, 1.82) is 0 Å². The van der Waals surface area contributed by atoms with Gasteiger partial charge in [0, 0.05) is 36.3 Å². The quantitative estimate of drug-likeness (QED) is 0.396. The van der Waals surface area contributed by atoms with E-state index in [1.165, 1.54) is 33.5 Å². The average Bonchev–Trinajstić information content (AvgIpc) is 2.83. The van der Waals surface area contributed by atoms with Gasteiger partial charge in [-0.15, -0.1) is 0 Å². The molecule has 0 aliphatic heterocycles. The Balaban J connectivity index is 1.79. The van der Waals surface area contributed by atoms with Gasteiger partial charge in [-0.25, -0.2) is 14.4 Å². The first-order chi connectivity index (χ1) is 16.7. The summed E-state index contributed by atoms with van der Waals surface area (Å²) in [6.45, 7) is 7.09. The zero-order chi connectivity index (χ0) is 25.3. The fourth-order valence-electron chi connectivity index (χ4n) is 3.58. The van der Waals surface area contributed by atoms with Gasteiger partial charge in [-0.3, -0.25) is 23.7 Å². The number of aromatic nitrogens is 5. The van der Waals surface area contributed by atoms with Crippen LogP contribution in [0.25, 0.3) is 11.5 Å². The van der Waals surface area contributed by atoms with Crippen molar-refractivity contribution in [2.75, 3.05) is 0 Å². The molecule has 8 nitrogen and oxygen atoms in total. The highest BCUT2D eigenvalue weighted by Gasteiger charge is 2.20. The number of nitrogens with zero attached hydrogens (tertiary/aromatic N) is 5. The third-order valence-corrected chi connectivity index (χ3v) is 5.76. The van der Waals surface area contributed by atoms with Crippen LogP contribution in [0.5, 0.6) is 5.75 Å². The molecular formula is C25H23ClFN5O3. The number of hydrogen-bond acceptors (Lipinski definition) is 6. The van der Waals surface area contributed by atoms with E-state index in [0.717, 1.165) is 0 Å². The predicted molar refractivity (Wildman–Crippen MR) is 130 cm³/mol. The van der Waals surface area contributed by atoms with Crippen LogP contribution in [0, 0.1) is 19.7 Å². The zero-order valence-electron chi connectivity index (χ0n) is 19.6. The maximum absolute atomic E-state index is 13.9. The third kappa shape index (κ3) is 4.72. The maximum atomic E-state index is 13.9. The Kier molecular flexibility index (Phi) is 6.79. The van der Waals surface area contributed by atoms with Gasteiger partial charge in [-0.2, -0.15) is 0 Å². The van der Waals surface area contributed by atoms with Crippen molar-refractivity contribution in [3.63, 3.8) is 0 Å². The summed E-state index contributed by atoms with van der Waals surface area (Å²) in [6, 6.07) is 7.62. The molecule has 0 atom stereocenters. The number of pyridine rings is 3. The molecule has 4 rings (SSSR count). The summed E-state index contributed by atoms with van der Waals surface area (Å²) in [4.78, 5) is 39.5. The smallest absolute Gasteiger partial charge is 0.280 e. The summed E-state index contributed by atoms with van der Waals surface area (Å²) in [7, 11) is 0. The minimum absolute atomic E-state index is 0.0711. The normalized spacial score (nSPS) is 11.2. The van der Waals surface area contributed by atoms with Crippen LogP contribution in [0.4, 0.5) is 4.39 Å². The molecule has 0 aliphatic rings. The molecular weight excluding hydrogens is 473 g/mol. The molecule has 10 heteroatoms. The highest BCUT2D eigenvalue weighted by atomic mass is 35.5. The van der Waals surface area contributed by atoms with Crippen molar-refractivity contribution in [3.05, 3.63) is 103 Å². The van der Waals surface area contributed by atoms with Crippen LogP contribution in [0.3, 0.4) is 0 Å². The van der Waals surface area contributed by atoms with E-state index in [9.17, 15) is 14.0 Å². The van der Waals surface area contributed by atoms with Gasteiger partial charge in [0.15, 0.2) is 0 Å². The van der Waals surface area contributed by atoms with E-state index in [1.54, 1.807) is 38.4 Å². The van der Waals surface area contributed by atoms with Crippen molar-refractivity contribution in [2.45, 2.75) is 40.2 Å². The number of hydrogen-bond donors (Lipinski definition) is 0. The second kappa shape index (κ2) is 9.79. The molecule has 0 spiro atoms. The van der Waals surface area contributed by atoms with Gasteiger partial charge in [0.1, 0.15) is 46.2 Å². The van der Waals surface area contributed by atoms with E-state index in [1.807, 2.05) is 13.8 Å². The van der Waals surface area contributed by atoms with E-state index >= 15 is 0 Å². The van der Waals surface area contributed by atoms with Crippen LogP contribution in [-0.2, 0) is 6.61 Å². The molecule has 0 radical (unpaired) electrons. The van der Waals surface area contributed by atoms with Crippen LogP contribution in [0.15, 0.2) is 58.5 Å². The highest BCUT2D eigenvalue weighted by molar-refractivity contribution is 6.31. The molecule has 0 N–H and O–H groups in total. The Morgan fingerprint density at radius 2 is 1.86 bits per heavy atom. The molecule has 0 unspecified atom stereocenters. The van der Waals surface area contributed by atoms with Gasteiger partial charge in [-0.1, -0.05) is 25.4 Å². The van der Waals surface area contributed by atoms with E-state index in [-0.39, 0.29) is 34.7 Å². The summed E-state index contributed by atoms with van der Waals surface area (Å²) in [5.74, 6) is 0.607. The molecule has 35 heavy (non-hydrogen) atoms. The molecule has 0 saturated carbocycles. The van der Waals surface area contributed by atoms with Crippen molar-refractivity contribution >= 4 is 11.6 Å². The van der Waals surface area contributed by atoms with E-state index < -0.39 is 16.9 Å². The van der Waals surface area contributed by atoms with Crippen LogP contribution in [0.2, 0.25) is 5.02 Å². The molecule has 0 amide bonds. The second-order valence-electron chi connectivity index (χ2n) is 8.28. The average molecular weight is 496 g/mol. The van der Waals surface area contributed by atoms with Crippen LogP contribution < -0.4 is 15.9 Å². The van der Waals surface area contributed by atoms with Gasteiger partial charge in [-0.05, 0) is 43.7 Å². The van der Waals surface area contributed by atoms with Gasteiger partial charge in [0.2, 0.25) is 0 Å². The lowest BCUT2D eigenvalue weighted by molar-refractivity contribution is 0.293. The fourth-order valence-corrected chi connectivity index (χ4v) is 3.77. The van der Waals surface area contributed by atoms with E-state index in [4.69, 9.17) is 16.3 Å². The lowest BCUT2D eigenvalue weighted by Crippen LogP contribution is -2.31. The lowest BCUT2D eigenvalue weighted by Gasteiger charge is -2.17. The Labute approximate surface area is 205 Å². The van der Waals surface area contributed by atoms with Gasteiger partial charge >= 0.3 is 0 Å². The fraction of sp³-hybridized carbons (Fsp3) is 0.240. The summed E-state index contributed by atoms with van der Waals surface area (Å²) >= 11 is 6.34. The molecule has 4 heterocycles. The number of aryl methyl sites for hydroxylation is 2. The van der Waals surface area contributed by atoms with Crippen molar-refractivity contribution in [1.82, 2.24) is 24.1 Å². The first-order valence-corrected chi connectivity index (χ1v) is 11.3.